The monoisotopic (exact) mass is 489 g/mol. The molecule has 0 saturated carbocycles. The number of esters is 1. The van der Waals surface area contributed by atoms with E-state index in [1.807, 2.05) is 19.9 Å². The summed E-state index contributed by atoms with van der Waals surface area (Å²) in [5, 5.41) is 13.3. The molecule has 0 aromatic carbocycles. The highest BCUT2D eigenvalue weighted by Gasteiger charge is 2.44. The van der Waals surface area contributed by atoms with Crippen molar-refractivity contribution in [1.29, 1.82) is 0 Å². The molecular weight excluding hydrogens is 442 g/mol. The lowest BCUT2D eigenvalue weighted by Crippen LogP contribution is -2.39. The molecule has 8 atom stereocenters. The average molecular weight is 490 g/mol. The minimum atomic E-state index is -0.303. The van der Waals surface area contributed by atoms with Gasteiger partial charge in [0.15, 0.2) is 0 Å². The van der Waals surface area contributed by atoms with Gasteiger partial charge < -0.3 is 19.9 Å². The summed E-state index contributed by atoms with van der Waals surface area (Å²) in [6, 6.07) is -0.122. The molecule has 1 unspecified atom stereocenters. The minimum Gasteiger partial charge on any atom is -0.458 e. The molecule has 1 amide bonds. The largest absolute Gasteiger partial charge is 0.458 e. The van der Waals surface area contributed by atoms with E-state index in [0.29, 0.717) is 12.3 Å². The van der Waals surface area contributed by atoms with Gasteiger partial charge in [-0.3, -0.25) is 9.59 Å². The molecule has 2 heterocycles. The van der Waals surface area contributed by atoms with Gasteiger partial charge in [-0.05, 0) is 56.9 Å². The van der Waals surface area contributed by atoms with Crippen LogP contribution < -0.4 is 5.32 Å². The van der Waals surface area contributed by atoms with E-state index in [4.69, 9.17) is 9.47 Å². The molecule has 0 aromatic rings. The van der Waals surface area contributed by atoms with Crippen LogP contribution >= 0.6 is 0 Å². The first kappa shape index (κ1) is 29.3. The fraction of sp³-hybridized carbons (Fsp3) is 0.724. The van der Waals surface area contributed by atoms with Crippen LogP contribution in [-0.4, -0.2) is 47.4 Å². The molecule has 0 aromatic heterocycles. The van der Waals surface area contributed by atoms with Crippen molar-refractivity contribution in [3.05, 3.63) is 36.0 Å². The SMILES string of the molecule is CC[C@H](O)[C@@H](C)[C@H]1O[C@H]1C[C@H](C)/C=C/C=C(\C)[C@H]1NC(=O)CCCCCC(OC(C)=O)/C=C/[C@@H]1C. The molecule has 0 bridgehead atoms. The van der Waals surface area contributed by atoms with Gasteiger partial charge in [-0.1, -0.05) is 64.0 Å². The Balaban J connectivity index is 2.00. The Bertz CT molecular complexity index is 773. The molecule has 0 spiro atoms. The number of aliphatic hydroxyl groups excluding tert-OH is 1. The van der Waals surface area contributed by atoms with Crippen molar-refractivity contribution in [2.24, 2.45) is 17.8 Å². The molecule has 6 nitrogen and oxygen atoms in total. The maximum absolute atomic E-state index is 12.6. The summed E-state index contributed by atoms with van der Waals surface area (Å²) in [6.45, 7) is 11.8. The molecule has 2 N–H and O–H groups in total. The molecule has 0 radical (unpaired) electrons. The number of epoxide rings is 1. The van der Waals surface area contributed by atoms with Gasteiger partial charge >= 0.3 is 5.97 Å². The van der Waals surface area contributed by atoms with Gasteiger partial charge in [0.25, 0.3) is 0 Å². The van der Waals surface area contributed by atoms with Crippen LogP contribution in [0.5, 0.6) is 0 Å². The quantitative estimate of drug-likeness (QED) is 0.200. The Labute approximate surface area is 212 Å². The fourth-order valence-electron chi connectivity index (χ4n) is 4.88. The predicted octanol–water partition coefficient (Wildman–Crippen LogP) is 5.26. The Morgan fingerprint density at radius 1 is 1.26 bits per heavy atom. The first-order chi connectivity index (χ1) is 16.6. The van der Waals surface area contributed by atoms with E-state index in [1.165, 1.54) is 6.92 Å². The van der Waals surface area contributed by atoms with Crippen LogP contribution in [0.15, 0.2) is 36.0 Å². The maximum Gasteiger partial charge on any atom is 0.303 e. The number of allylic oxidation sites excluding steroid dienone is 3. The van der Waals surface area contributed by atoms with Crippen LogP contribution in [0.3, 0.4) is 0 Å². The zero-order chi connectivity index (χ0) is 26.0. The zero-order valence-electron chi connectivity index (χ0n) is 22.5. The summed E-state index contributed by atoms with van der Waals surface area (Å²) >= 11 is 0. The van der Waals surface area contributed by atoms with Crippen LogP contribution in [0.4, 0.5) is 0 Å². The Morgan fingerprint density at radius 3 is 2.69 bits per heavy atom. The van der Waals surface area contributed by atoms with Crippen LogP contribution in [0.2, 0.25) is 0 Å². The van der Waals surface area contributed by atoms with E-state index in [1.54, 1.807) is 0 Å². The third kappa shape index (κ3) is 10.3. The molecular formula is C29H47NO5. The average Bonchev–Trinajstić information content (AvgIpc) is 3.56. The molecule has 198 valence electrons. The van der Waals surface area contributed by atoms with Gasteiger partial charge in [0, 0.05) is 19.3 Å². The molecule has 2 aliphatic rings. The highest BCUT2D eigenvalue weighted by Crippen LogP contribution is 2.36. The topological polar surface area (TPSA) is 88.2 Å². The number of rotatable bonds is 9. The van der Waals surface area contributed by atoms with E-state index in [2.05, 4.69) is 50.4 Å². The van der Waals surface area contributed by atoms with E-state index in [0.717, 1.165) is 44.1 Å². The van der Waals surface area contributed by atoms with Gasteiger partial charge in [0.2, 0.25) is 5.91 Å². The predicted molar refractivity (Wildman–Crippen MR) is 140 cm³/mol. The summed E-state index contributed by atoms with van der Waals surface area (Å²) in [7, 11) is 0. The summed E-state index contributed by atoms with van der Waals surface area (Å²) in [4.78, 5) is 24.0. The number of hydrogen-bond donors (Lipinski definition) is 2. The summed E-state index contributed by atoms with van der Waals surface area (Å²) in [5.41, 5.74) is 1.08. The lowest BCUT2D eigenvalue weighted by atomic mass is 9.92. The van der Waals surface area contributed by atoms with Crippen molar-refractivity contribution < 1.29 is 24.2 Å². The van der Waals surface area contributed by atoms with Gasteiger partial charge in [0.05, 0.1) is 24.4 Å². The van der Waals surface area contributed by atoms with Crippen molar-refractivity contribution in [2.45, 2.75) is 117 Å². The number of hydrogen-bond acceptors (Lipinski definition) is 5. The van der Waals surface area contributed by atoms with E-state index >= 15 is 0 Å². The molecule has 1 saturated heterocycles. The summed E-state index contributed by atoms with van der Waals surface area (Å²) < 4.78 is 11.3. The third-order valence-corrected chi connectivity index (χ3v) is 7.24. The van der Waals surface area contributed by atoms with E-state index in [9.17, 15) is 14.7 Å². The van der Waals surface area contributed by atoms with Gasteiger partial charge in [-0.25, -0.2) is 0 Å². The number of amides is 1. The molecule has 0 aliphatic carbocycles. The second kappa shape index (κ2) is 14.6. The minimum absolute atomic E-state index is 0.0608. The van der Waals surface area contributed by atoms with Crippen LogP contribution in [-0.2, 0) is 19.1 Å². The first-order valence-electron chi connectivity index (χ1n) is 13.5. The molecule has 2 rings (SSSR count). The van der Waals surface area contributed by atoms with Crippen molar-refractivity contribution in [2.75, 3.05) is 0 Å². The molecule has 2 aliphatic heterocycles. The Hall–Kier alpha value is -1.92. The number of aliphatic hydroxyl groups is 1. The van der Waals surface area contributed by atoms with E-state index in [-0.39, 0.29) is 54.2 Å². The molecule has 6 heteroatoms. The summed E-state index contributed by atoms with van der Waals surface area (Å²) in [6.07, 6.45) is 15.9. The smallest absolute Gasteiger partial charge is 0.303 e. The number of carbonyl (C=O) groups is 2. The van der Waals surface area contributed by atoms with Gasteiger partial charge in [0.1, 0.15) is 6.10 Å². The lowest BCUT2D eigenvalue weighted by Gasteiger charge is -2.25. The van der Waals surface area contributed by atoms with Crippen molar-refractivity contribution in [3.63, 3.8) is 0 Å². The maximum atomic E-state index is 12.6. The van der Waals surface area contributed by atoms with Crippen molar-refractivity contribution in [1.82, 2.24) is 5.32 Å². The first-order valence-corrected chi connectivity index (χ1v) is 13.5. The summed E-state index contributed by atoms with van der Waals surface area (Å²) in [5.74, 6) is 0.401. The normalized spacial score (nSPS) is 32.0. The van der Waals surface area contributed by atoms with Crippen LogP contribution in [0.1, 0.15) is 86.5 Å². The number of ether oxygens (including phenoxy) is 2. The second-order valence-electron chi connectivity index (χ2n) is 10.5. The van der Waals surface area contributed by atoms with Crippen LogP contribution in [0, 0.1) is 17.8 Å². The zero-order valence-corrected chi connectivity index (χ0v) is 22.5. The molecule has 35 heavy (non-hydrogen) atoms. The second-order valence-corrected chi connectivity index (χ2v) is 10.5. The highest BCUT2D eigenvalue weighted by molar-refractivity contribution is 5.76. The van der Waals surface area contributed by atoms with Crippen molar-refractivity contribution >= 4 is 11.9 Å². The number of carbonyl (C=O) groups excluding carboxylic acids is 2. The Kier molecular flexibility index (Phi) is 12.2. The third-order valence-electron chi connectivity index (χ3n) is 7.24. The van der Waals surface area contributed by atoms with Gasteiger partial charge in [-0.15, -0.1) is 0 Å². The number of nitrogens with one attached hydrogen (secondary N) is 1. The standard InChI is InChI=1S/C29H47NO5/c1-7-25(32)22(5)29-26(35-29)18-19(2)12-11-13-20(3)28-21(4)16-17-24(34-23(6)31)14-9-8-10-15-27(33)30-28/h11-13,16-17,19,21-22,24-26,28-29,32H,7-10,14-15,18H2,1-6H3,(H,30,33)/b12-11+,17-16+,20-13+/t19-,21+,22-,24?,25+,26+,28-,29-/m1/s1. The highest BCUT2D eigenvalue weighted by atomic mass is 16.6. The Morgan fingerprint density at radius 2 is 2.00 bits per heavy atom. The van der Waals surface area contributed by atoms with Gasteiger partial charge in [-0.2, -0.15) is 0 Å². The van der Waals surface area contributed by atoms with Crippen molar-refractivity contribution in [3.8, 4) is 0 Å². The van der Waals surface area contributed by atoms with E-state index < -0.39 is 0 Å². The lowest BCUT2D eigenvalue weighted by molar-refractivity contribution is -0.144. The molecule has 1 fully saturated rings. The van der Waals surface area contributed by atoms with Crippen LogP contribution in [0.25, 0.3) is 0 Å². The fourth-order valence-corrected chi connectivity index (χ4v) is 4.88.